The average molecular weight is 296 g/mol. The Kier molecular flexibility index (Phi) is 5.00. The van der Waals surface area contributed by atoms with Crippen LogP contribution in [0.4, 0.5) is 5.69 Å². The first-order chi connectivity index (χ1) is 9.65. The summed E-state index contributed by atoms with van der Waals surface area (Å²) in [6.07, 6.45) is 2.16. The third kappa shape index (κ3) is 3.30. The van der Waals surface area contributed by atoms with Gasteiger partial charge in [0, 0.05) is 23.5 Å². The first kappa shape index (κ1) is 14.8. The SMILES string of the molecule is COc1cc(N)c(C(=O)NC2CCCSC2)cc1OC. The molecule has 0 saturated carbocycles. The van der Waals surface area contributed by atoms with Gasteiger partial charge in [-0.1, -0.05) is 0 Å². The predicted molar refractivity (Wildman–Crippen MR) is 81.8 cm³/mol. The highest BCUT2D eigenvalue weighted by Crippen LogP contribution is 2.32. The Balaban J connectivity index is 2.16. The van der Waals surface area contributed by atoms with Crippen LogP contribution in [0, 0.1) is 0 Å². The Bertz CT molecular complexity index is 488. The molecule has 3 N–H and O–H groups in total. The monoisotopic (exact) mass is 296 g/mol. The van der Waals surface area contributed by atoms with Crippen molar-refractivity contribution >= 4 is 23.4 Å². The van der Waals surface area contributed by atoms with Crippen molar-refractivity contribution < 1.29 is 14.3 Å². The van der Waals surface area contributed by atoms with Crippen molar-refractivity contribution in [1.29, 1.82) is 0 Å². The lowest BCUT2D eigenvalue weighted by Crippen LogP contribution is -2.38. The van der Waals surface area contributed by atoms with Crippen LogP contribution in [0.15, 0.2) is 12.1 Å². The molecule has 1 atom stereocenters. The number of benzene rings is 1. The number of carbonyl (C=O) groups is 1. The number of hydrogen-bond donors (Lipinski definition) is 2. The molecule has 1 amide bonds. The number of methoxy groups -OCH3 is 2. The molecule has 6 heteroatoms. The molecular weight excluding hydrogens is 276 g/mol. The van der Waals surface area contributed by atoms with Crippen LogP contribution < -0.4 is 20.5 Å². The largest absolute Gasteiger partial charge is 0.493 e. The second kappa shape index (κ2) is 6.74. The van der Waals surface area contributed by atoms with Crippen LogP contribution in [0.1, 0.15) is 23.2 Å². The highest BCUT2D eigenvalue weighted by Gasteiger charge is 2.20. The van der Waals surface area contributed by atoms with E-state index in [-0.39, 0.29) is 11.9 Å². The summed E-state index contributed by atoms with van der Waals surface area (Å²) < 4.78 is 10.4. The molecular formula is C14H20N2O3S. The van der Waals surface area contributed by atoms with Gasteiger partial charge in [0.1, 0.15) is 0 Å². The van der Waals surface area contributed by atoms with Crippen LogP contribution >= 0.6 is 11.8 Å². The summed E-state index contributed by atoms with van der Waals surface area (Å²) in [5.74, 6) is 3.00. The first-order valence-corrected chi connectivity index (χ1v) is 7.71. The molecule has 1 saturated heterocycles. The zero-order chi connectivity index (χ0) is 14.5. The van der Waals surface area contributed by atoms with E-state index < -0.39 is 0 Å². The van der Waals surface area contributed by atoms with Crippen molar-refractivity contribution in [1.82, 2.24) is 5.32 Å². The molecule has 5 nitrogen and oxygen atoms in total. The molecule has 2 rings (SSSR count). The minimum Gasteiger partial charge on any atom is -0.493 e. The van der Waals surface area contributed by atoms with E-state index in [0.717, 1.165) is 18.6 Å². The number of amides is 1. The summed E-state index contributed by atoms with van der Waals surface area (Å²) in [5, 5.41) is 3.03. The maximum absolute atomic E-state index is 12.3. The van der Waals surface area contributed by atoms with Crippen molar-refractivity contribution in [2.75, 3.05) is 31.5 Å². The van der Waals surface area contributed by atoms with Crippen molar-refractivity contribution in [2.24, 2.45) is 0 Å². The van der Waals surface area contributed by atoms with E-state index in [4.69, 9.17) is 15.2 Å². The molecule has 1 aromatic carbocycles. The van der Waals surface area contributed by atoms with Gasteiger partial charge in [0.15, 0.2) is 11.5 Å². The lowest BCUT2D eigenvalue weighted by molar-refractivity contribution is 0.0939. The van der Waals surface area contributed by atoms with Gasteiger partial charge < -0.3 is 20.5 Å². The summed E-state index contributed by atoms with van der Waals surface area (Å²) in [6.45, 7) is 0. The fraction of sp³-hybridized carbons (Fsp3) is 0.500. The van der Waals surface area contributed by atoms with Gasteiger partial charge in [-0.25, -0.2) is 0 Å². The number of anilines is 1. The van der Waals surface area contributed by atoms with Crippen LogP contribution in [0.25, 0.3) is 0 Å². The number of nitrogens with one attached hydrogen (secondary N) is 1. The molecule has 1 aliphatic heterocycles. The van der Waals surface area contributed by atoms with Crippen molar-refractivity contribution in [3.05, 3.63) is 17.7 Å². The zero-order valence-corrected chi connectivity index (χ0v) is 12.6. The van der Waals surface area contributed by atoms with Crippen molar-refractivity contribution in [3.8, 4) is 11.5 Å². The van der Waals surface area contributed by atoms with E-state index in [1.807, 2.05) is 11.8 Å². The van der Waals surface area contributed by atoms with Gasteiger partial charge in [0.25, 0.3) is 5.91 Å². The lowest BCUT2D eigenvalue weighted by Gasteiger charge is -2.23. The second-order valence-corrected chi connectivity index (χ2v) is 5.83. The van der Waals surface area contributed by atoms with Gasteiger partial charge in [0.05, 0.1) is 19.8 Å². The van der Waals surface area contributed by atoms with E-state index in [9.17, 15) is 4.79 Å². The molecule has 1 aliphatic rings. The minimum atomic E-state index is -0.157. The number of nitrogens with two attached hydrogens (primary N) is 1. The third-order valence-corrected chi connectivity index (χ3v) is 4.51. The highest BCUT2D eigenvalue weighted by atomic mass is 32.2. The molecule has 0 aromatic heterocycles. The van der Waals surface area contributed by atoms with E-state index >= 15 is 0 Å². The van der Waals surface area contributed by atoms with E-state index in [1.54, 1.807) is 12.1 Å². The Hall–Kier alpha value is -1.56. The van der Waals surface area contributed by atoms with Gasteiger partial charge in [-0.2, -0.15) is 11.8 Å². The molecule has 0 radical (unpaired) electrons. The van der Waals surface area contributed by atoms with Crippen LogP contribution in [-0.4, -0.2) is 37.7 Å². The van der Waals surface area contributed by atoms with Gasteiger partial charge in [0.2, 0.25) is 0 Å². The number of ether oxygens (including phenoxy) is 2. The molecule has 1 heterocycles. The molecule has 0 spiro atoms. The number of rotatable bonds is 4. The van der Waals surface area contributed by atoms with Crippen LogP contribution in [0.2, 0.25) is 0 Å². The van der Waals surface area contributed by atoms with Gasteiger partial charge in [-0.3, -0.25) is 4.79 Å². The molecule has 0 aliphatic carbocycles. The fourth-order valence-electron chi connectivity index (χ4n) is 2.21. The number of carbonyl (C=O) groups excluding carboxylic acids is 1. The maximum Gasteiger partial charge on any atom is 0.253 e. The zero-order valence-electron chi connectivity index (χ0n) is 11.8. The Morgan fingerprint density at radius 1 is 1.35 bits per heavy atom. The second-order valence-electron chi connectivity index (χ2n) is 4.68. The number of thioether (sulfide) groups is 1. The molecule has 0 bridgehead atoms. The smallest absolute Gasteiger partial charge is 0.253 e. The summed E-state index contributed by atoms with van der Waals surface area (Å²) in [4.78, 5) is 12.3. The predicted octanol–water partition coefficient (Wildman–Crippen LogP) is 1.91. The molecule has 20 heavy (non-hydrogen) atoms. The number of hydrogen-bond acceptors (Lipinski definition) is 5. The van der Waals surface area contributed by atoms with E-state index in [0.29, 0.717) is 22.7 Å². The van der Waals surface area contributed by atoms with Gasteiger partial charge in [-0.05, 0) is 24.7 Å². The Labute approximate surface area is 123 Å². The molecule has 110 valence electrons. The van der Waals surface area contributed by atoms with Crippen molar-refractivity contribution in [2.45, 2.75) is 18.9 Å². The molecule has 1 unspecified atom stereocenters. The minimum absolute atomic E-state index is 0.157. The molecule has 1 fully saturated rings. The lowest BCUT2D eigenvalue weighted by atomic mass is 10.1. The Morgan fingerprint density at radius 2 is 2.05 bits per heavy atom. The summed E-state index contributed by atoms with van der Waals surface area (Å²) in [5.41, 5.74) is 6.75. The quantitative estimate of drug-likeness (QED) is 0.830. The third-order valence-electron chi connectivity index (χ3n) is 3.30. The van der Waals surface area contributed by atoms with Crippen LogP contribution in [-0.2, 0) is 0 Å². The van der Waals surface area contributed by atoms with E-state index in [2.05, 4.69) is 5.32 Å². The maximum atomic E-state index is 12.3. The summed E-state index contributed by atoms with van der Waals surface area (Å²) in [7, 11) is 3.07. The highest BCUT2D eigenvalue weighted by molar-refractivity contribution is 7.99. The van der Waals surface area contributed by atoms with Gasteiger partial charge in [-0.15, -0.1) is 0 Å². The summed E-state index contributed by atoms with van der Waals surface area (Å²) in [6, 6.07) is 3.46. The number of nitrogen functional groups attached to an aromatic ring is 1. The average Bonchev–Trinajstić information content (AvgIpc) is 2.47. The normalized spacial score (nSPS) is 18.4. The van der Waals surface area contributed by atoms with Crippen LogP contribution in [0.5, 0.6) is 11.5 Å². The standard InChI is InChI=1S/C14H20N2O3S/c1-18-12-6-10(11(15)7-13(12)19-2)14(17)16-9-4-3-5-20-8-9/h6-7,9H,3-5,8,15H2,1-2H3,(H,16,17). The first-order valence-electron chi connectivity index (χ1n) is 6.55. The topological polar surface area (TPSA) is 73.6 Å². The Morgan fingerprint density at radius 3 is 2.65 bits per heavy atom. The van der Waals surface area contributed by atoms with Crippen molar-refractivity contribution in [3.63, 3.8) is 0 Å². The van der Waals surface area contributed by atoms with E-state index in [1.165, 1.54) is 20.0 Å². The fourth-order valence-corrected chi connectivity index (χ4v) is 3.28. The van der Waals surface area contributed by atoms with Gasteiger partial charge >= 0.3 is 0 Å². The molecule has 1 aromatic rings. The summed E-state index contributed by atoms with van der Waals surface area (Å²) >= 11 is 1.87. The van der Waals surface area contributed by atoms with Crippen LogP contribution in [0.3, 0.4) is 0 Å².